The number of thiophene rings is 1. The van der Waals surface area contributed by atoms with Gasteiger partial charge in [-0.05, 0) is 96.7 Å². The monoisotopic (exact) mass is 785 g/mol. The first-order valence-electron chi connectivity index (χ1n) is 21.1. The number of nitrogens with zero attached hydrogens (tertiary/aromatic N) is 1. The lowest BCUT2D eigenvalue weighted by atomic mass is 9.78. The minimum Gasteiger partial charge on any atom is -0.309 e. The number of rotatable bonds is 5. The smallest absolute Gasteiger partial charge is 0.0540 e. The highest BCUT2D eigenvalue weighted by Crippen LogP contribution is 2.56. The van der Waals surface area contributed by atoms with Gasteiger partial charge in [0.15, 0.2) is 0 Å². The Labute approximate surface area is 355 Å². The van der Waals surface area contributed by atoms with Crippen LogP contribution in [-0.4, -0.2) is 0 Å². The predicted molar refractivity (Wildman–Crippen MR) is 258 cm³/mol. The molecule has 60 heavy (non-hydrogen) atoms. The summed E-state index contributed by atoms with van der Waals surface area (Å²) in [7, 11) is 0. The van der Waals surface area contributed by atoms with E-state index in [9.17, 15) is 0 Å². The predicted octanol–water partition coefficient (Wildman–Crippen LogP) is 16.6. The fourth-order valence-electron chi connectivity index (χ4n) is 10.9. The molecule has 0 fully saturated rings. The molecule has 286 valence electrons. The van der Waals surface area contributed by atoms with Crippen LogP contribution in [0.1, 0.15) is 49.9 Å². The third kappa shape index (κ3) is 4.92. The van der Waals surface area contributed by atoms with Crippen molar-refractivity contribution in [2.24, 2.45) is 0 Å². The molecular weight excluding hydrogens is 743 g/mol. The van der Waals surface area contributed by atoms with Crippen LogP contribution in [0.2, 0.25) is 0 Å². The summed E-state index contributed by atoms with van der Waals surface area (Å²) >= 11 is 1.91. The molecule has 2 aliphatic rings. The first kappa shape index (κ1) is 35.2. The summed E-state index contributed by atoms with van der Waals surface area (Å²) in [5.41, 5.74) is 18.9. The van der Waals surface area contributed by atoms with E-state index in [1.54, 1.807) is 0 Å². The fourth-order valence-corrected chi connectivity index (χ4v) is 12.1. The maximum atomic E-state index is 2.56. The fraction of sp³-hybridized carbons (Fsp3) is 0.103. The highest BCUT2D eigenvalue weighted by atomic mass is 32.1. The minimum atomic E-state index is -0.165. The van der Waals surface area contributed by atoms with E-state index in [4.69, 9.17) is 0 Å². The van der Waals surface area contributed by atoms with Gasteiger partial charge in [0.2, 0.25) is 0 Å². The molecule has 9 aromatic carbocycles. The number of para-hydroxylation sites is 2. The molecule has 12 rings (SSSR count). The molecule has 0 saturated heterocycles. The van der Waals surface area contributed by atoms with Crippen LogP contribution in [0.4, 0.5) is 17.1 Å². The standard InChI is InChI=1S/C58H43NS/c1-57(2)48-26-11-7-19-39(48)41-34-32-37(35-50(41)57)59(52-29-14-10-22-43(52)46-25-15-24-45-40-20-8-12-27-49(40)58(3,4)55(45)46)51-28-13-9-21-42(51)44-23-16-30-53-54(44)47-33-31-36-17-5-6-18-38(36)56(47)60-53/h5-35H,1-4H3. The van der Waals surface area contributed by atoms with Crippen LogP contribution in [0.25, 0.3) is 75.5 Å². The van der Waals surface area contributed by atoms with Crippen LogP contribution >= 0.6 is 11.3 Å². The molecule has 2 heteroatoms. The van der Waals surface area contributed by atoms with E-state index < -0.39 is 0 Å². The Morgan fingerprint density at radius 3 is 1.67 bits per heavy atom. The summed E-state index contributed by atoms with van der Waals surface area (Å²) in [6, 6.07) is 70.5. The molecule has 0 aliphatic heterocycles. The van der Waals surface area contributed by atoms with E-state index in [1.807, 2.05) is 11.3 Å². The first-order valence-corrected chi connectivity index (χ1v) is 21.9. The van der Waals surface area contributed by atoms with Crippen LogP contribution in [0.3, 0.4) is 0 Å². The Kier molecular flexibility index (Phi) is 7.56. The summed E-state index contributed by atoms with van der Waals surface area (Å²) in [5.74, 6) is 0. The van der Waals surface area contributed by atoms with E-state index in [1.165, 1.54) is 97.7 Å². The van der Waals surface area contributed by atoms with Gasteiger partial charge in [-0.1, -0.05) is 185 Å². The maximum absolute atomic E-state index is 2.56. The average Bonchev–Trinajstić information content (AvgIpc) is 3.87. The quantitative estimate of drug-likeness (QED) is 0.168. The minimum absolute atomic E-state index is 0.146. The topological polar surface area (TPSA) is 3.24 Å². The van der Waals surface area contributed by atoms with E-state index in [-0.39, 0.29) is 10.8 Å². The summed E-state index contributed by atoms with van der Waals surface area (Å²) in [4.78, 5) is 2.56. The molecule has 10 aromatic rings. The van der Waals surface area contributed by atoms with Crippen molar-refractivity contribution in [3.8, 4) is 44.5 Å². The highest BCUT2D eigenvalue weighted by Gasteiger charge is 2.39. The molecule has 0 spiro atoms. The third-order valence-corrected chi connectivity index (χ3v) is 14.9. The Balaban J connectivity index is 1.14. The van der Waals surface area contributed by atoms with Gasteiger partial charge in [-0.2, -0.15) is 0 Å². The van der Waals surface area contributed by atoms with Crippen molar-refractivity contribution in [1.82, 2.24) is 0 Å². The van der Waals surface area contributed by atoms with Crippen LogP contribution in [-0.2, 0) is 10.8 Å². The number of benzene rings is 9. The number of fused-ring (bicyclic) bond motifs is 11. The highest BCUT2D eigenvalue weighted by molar-refractivity contribution is 7.26. The van der Waals surface area contributed by atoms with Gasteiger partial charge in [0.05, 0.1) is 11.4 Å². The molecule has 0 bridgehead atoms. The van der Waals surface area contributed by atoms with Crippen molar-refractivity contribution < 1.29 is 0 Å². The first-order chi connectivity index (χ1) is 29.3. The van der Waals surface area contributed by atoms with Crippen molar-refractivity contribution in [3.63, 3.8) is 0 Å². The number of hydrogen-bond donors (Lipinski definition) is 0. The molecule has 1 nitrogen and oxygen atoms in total. The van der Waals surface area contributed by atoms with E-state index in [2.05, 4.69) is 221 Å². The largest absolute Gasteiger partial charge is 0.309 e. The second-order valence-corrected chi connectivity index (χ2v) is 18.7. The third-order valence-electron chi connectivity index (χ3n) is 13.7. The van der Waals surface area contributed by atoms with Crippen LogP contribution < -0.4 is 4.90 Å². The lowest BCUT2D eigenvalue weighted by molar-refractivity contribution is 0.660. The summed E-state index contributed by atoms with van der Waals surface area (Å²) in [5, 5.41) is 5.22. The Bertz CT molecular complexity index is 3400. The van der Waals surface area contributed by atoms with Gasteiger partial charge in [0.25, 0.3) is 0 Å². The zero-order valence-electron chi connectivity index (χ0n) is 34.3. The second kappa shape index (κ2) is 12.9. The molecule has 1 aromatic heterocycles. The normalized spacial score (nSPS) is 14.3. The lowest BCUT2D eigenvalue weighted by Gasteiger charge is -2.32. The second-order valence-electron chi connectivity index (χ2n) is 17.6. The van der Waals surface area contributed by atoms with Gasteiger partial charge in [0, 0.05) is 47.8 Å². The van der Waals surface area contributed by atoms with Gasteiger partial charge in [-0.25, -0.2) is 0 Å². The summed E-state index contributed by atoms with van der Waals surface area (Å²) in [6.07, 6.45) is 0. The number of anilines is 3. The van der Waals surface area contributed by atoms with E-state index in [0.29, 0.717) is 0 Å². The average molecular weight is 786 g/mol. The van der Waals surface area contributed by atoms with Crippen LogP contribution in [0.5, 0.6) is 0 Å². The molecule has 0 amide bonds. The van der Waals surface area contributed by atoms with Gasteiger partial charge < -0.3 is 4.90 Å². The van der Waals surface area contributed by atoms with Crippen LogP contribution in [0.15, 0.2) is 188 Å². The van der Waals surface area contributed by atoms with Crippen LogP contribution in [0, 0.1) is 0 Å². The zero-order valence-corrected chi connectivity index (χ0v) is 35.1. The van der Waals surface area contributed by atoms with Crippen molar-refractivity contribution in [1.29, 1.82) is 0 Å². The molecule has 2 aliphatic carbocycles. The van der Waals surface area contributed by atoms with Crippen molar-refractivity contribution in [3.05, 3.63) is 210 Å². The van der Waals surface area contributed by atoms with E-state index in [0.717, 1.165) is 17.1 Å². The molecule has 1 heterocycles. The molecular formula is C58H43NS. The SMILES string of the molecule is CC1(C)c2ccccc2-c2ccc(N(c3ccccc3-c3cccc4c3C(C)(C)c3ccccc3-4)c3ccccc3-c3cccc4sc5c6ccccc6ccc5c34)cc21. The van der Waals surface area contributed by atoms with Gasteiger partial charge in [-0.15, -0.1) is 11.3 Å². The van der Waals surface area contributed by atoms with Crippen molar-refractivity contribution in [2.75, 3.05) is 4.90 Å². The van der Waals surface area contributed by atoms with Crippen molar-refractivity contribution >= 4 is 59.3 Å². The molecule has 0 saturated carbocycles. The van der Waals surface area contributed by atoms with Crippen molar-refractivity contribution in [2.45, 2.75) is 38.5 Å². The Hall–Kier alpha value is -6.74. The number of hydrogen-bond acceptors (Lipinski definition) is 2. The molecule has 0 unspecified atom stereocenters. The van der Waals surface area contributed by atoms with Gasteiger partial charge >= 0.3 is 0 Å². The lowest BCUT2D eigenvalue weighted by Crippen LogP contribution is -2.18. The van der Waals surface area contributed by atoms with Gasteiger partial charge in [0.1, 0.15) is 0 Å². The Morgan fingerprint density at radius 2 is 0.917 bits per heavy atom. The maximum Gasteiger partial charge on any atom is 0.0540 e. The zero-order chi connectivity index (χ0) is 40.3. The summed E-state index contributed by atoms with van der Waals surface area (Å²) < 4.78 is 2.65. The Morgan fingerprint density at radius 1 is 0.383 bits per heavy atom. The molecule has 0 radical (unpaired) electrons. The van der Waals surface area contributed by atoms with Gasteiger partial charge in [-0.3, -0.25) is 0 Å². The van der Waals surface area contributed by atoms with E-state index >= 15 is 0 Å². The molecule has 0 N–H and O–H groups in total. The summed E-state index contributed by atoms with van der Waals surface area (Å²) in [6.45, 7) is 9.55. The molecule has 0 atom stereocenters.